The maximum atomic E-state index is 11.0. The minimum Gasteiger partial charge on any atom is -0.508 e. The fourth-order valence-corrected chi connectivity index (χ4v) is 1.91. The number of carbonyl (C=O) groups is 1. The number of nitrogens with zero attached hydrogens (tertiary/aromatic N) is 1. The zero-order valence-corrected chi connectivity index (χ0v) is 9.14. The van der Waals surface area contributed by atoms with Crippen molar-refractivity contribution in [2.75, 3.05) is 0 Å². The van der Waals surface area contributed by atoms with E-state index >= 15 is 0 Å². The van der Waals surface area contributed by atoms with Gasteiger partial charge in [0.25, 0.3) is 0 Å². The maximum absolute atomic E-state index is 11.0. The molecule has 0 bridgehead atoms. The van der Waals surface area contributed by atoms with Gasteiger partial charge in [-0.3, -0.25) is 0 Å². The Kier molecular flexibility index (Phi) is 2.09. The van der Waals surface area contributed by atoms with Crippen molar-refractivity contribution in [1.29, 1.82) is 0 Å². The molecule has 0 saturated heterocycles. The molecule has 0 atom stereocenters. The van der Waals surface area contributed by atoms with Crippen molar-refractivity contribution in [1.82, 2.24) is 15.0 Å². The number of aromatic nitrogens is 3. The molecule has 0 unspecified atom stereocenters. The van der Waals surface area contributed by atoms with E-state index in [9.17, 15) is 9.90 Å². The molecule has 3 rings (SSSR count). The van der Waals surface area contributed by atoms with Crippen LogP contribution in [0.4, 0.5) is 0 Å². The van der Waals surface area contributed by atoms with Gasteiger partial charge in [0.1, 0.15) is 11.4 Å². The van der Waals surface area contributed by atoms with Crippen LogP contribution in [0.2, 0.25) is 0 Å². The number of hydrogen-bond donors (Lipinski definition) is 4. The molecule has 3 aromatic rings. The van der Waals surface area contributed by atoms with Crippen molar-refractivity contribution in [3.05, 3.63) is 36.3 Å². The summed E-state index contributed by atoms with van der Waals surface area (Å²) in [5.41, 5.74) is 1.78. The number of fused-ring (bicyclic) bond motifs is 1. The normalized spacial score (nSPS) is 10.9. The lowest BCUT2D eigenvalue weighted by atomic mass is 10.2. The number of carboxylic acids is 1. The van der Waals surface area contributed by atoms with Crippen LogP contribution in [-0.2, 0) is 0 Å². The molecule has 6 nitrogen and oxygen atoms in total. The van der Waals surface area contributed by atoms with Gasteiger partial charge in [-0.2, -0.15) is 0 Å². The number of H-pyrrole nitrogens is 2. The van der Waals surface area contributed by atoms with E-state index in [2.05, 4.69) is 15.0 Å². The Hall–Kier alpha value is -2.76. The summed E-state index contributed by atoms with van der Waals surface area (Å²) in [4.78, 5) is 20.6. The Balaban J connectivity index is 2.19. The van der Waals surface area contributed by atoms with Crippen LogP contribution in [0.3, 0.4) is 0 Å². The number of imidazole rings is 1. The molecule has 0 aliphatic rings. The second-order valence-electron chi connectivity index (χ2n) is 3.89. The third-order valence-corrected chi connectivity index (χ3v) is 2.71. The van der Waals surface area contributed by atoms with Gasteiger partial charge in [0.2, 0.25) is 0 Å². The second-order valence-corrected chi connectivity index (χ2v) is 3.89. The van der Waals surface area contributed by atoms with Crippen LogP contribution in [0, 0.1) is 0 Å². The second kappa shape index (κ2) is 3.63. The van der Waals surface area contributed by atoms with E-state index in [0.717, 1.165) is 10.9 Å². The van der Waals surface area contributed by atoms with Gasteiger partial charge in [-0.15, -0.1) is 0 Å². The summed E-state index contributed by atoms with van der Waals surface area (Å²) in [5, 5.41) is 19.2. The number of phenols is 1. The van der Waals surface area contributed by atoms with Gasteiger partial charge in [-0.05, 0) is 24.3 Å². The standard InChI is InChI=1S/C12H9N3O3/c16-7-1-2-8-6(3-7)4-9(15-8)10-11(12(17)18)14-5-13-10/h1-5,15-16H,(H,13,14)(H,17,18). The minimum atomic E-state index is -1.07. The fraction of sp³-hybridized carbons (Fsp3) is 0. The topological polar surface area (TPSA) is 102 Å². The van der Waals surface area contributed by atoms with Gasteiger partial charge in [-0.1, -0.05) is 0 Å². The monoisotopic (exact) mass is 243 g/mol. The molecule has 0 fully saturated rings. The number of rotatable bonds is 2. The first kappa shape index (κ1) is 10.4. The molecule has 18 heavy (non-hydrogen) atoms. The quantitative estimate of drug-likeness (QED) is 0.552. The first-order chi connectivity index (χ1) is 8.65. The third kappa shape index (κ3) is 1.51. The highest BCUT2D eigenvalue weighted by molar-refractivity contribution is 5.94. The van der Waals surface area contributed by atoms with Gasteiger partial charge < -0.3 is 20.2 Å². The molecular formula is C12H9N3O3. The molecule has 2 aromatic heterocycles. The lowest BCUT2D eigenvalue weighted by Gasteiger charge is -1.94. The van der Waals surface area contributed by atoms with Gasteiger partial charge in [0, 0.05) is 10.9 Å². The van der Waals surface area contributed by atoms with Gasteiger partial charge in [-0.25, -0.2) is 9.78 Å². The summed E-state index contributed by atoms with van der Waals surface area (Å²) >= 11 is 0. The van der Waals surface area contributed by atoms with Crippen molar-refractivity contribution in [2.45, 2.75) is 0 Å². The number of aromatic carboxylic acids is 1. The summed E-state index contributed by atoms with van der Waals surface area (Å²) in [7, 11) is 0. The number of phenolic OH excluding ortho intramolecular Hbond substituents is 1. The van der Waals surface area contributed by atoms with Crippen LogP contribution >= 0.6 is 0 Å². The van der Waals surface area contributed by atoms with Crippen LogP contribution in [-0.4, -0.2) is 31.1 Å². The Morgan fingerprint density at radius 3 is 2.89 bits per heavy atom. The van der Waals surface area contributed by atoms with Crippen molar-refractivity contribution in [3.8, 4) is 17.1 Å². The molecule has 90 valence electrons. The van der Waals surface area contributed by atoms with Crippen LogP contribution in [0.15, 0.2) is 30.6 Å². The third-order valence-electron chi connectivity index (χ3n) is 2.71. The van der Waals surface area contributed by atoms with E-state index in [1.807, 2.05) is 0 Å². The first-order valence-corrected chi connectivity index (χ1v) is 5.24. The number of hydrogen-bond acceptors (Lipinski definition) is 3. The van der Waals surface area contributed by atoms with Crippen molar-refractivity contribution >= 4 is 16.9 Å². The number of aromatic hydroxyl groups is 1. The molecule has 0 spiro atoms. The van der Waals surface area contributed by atoms with E-state index in [1.54, 1.807) is 24.3 Å². The van der Waals surface area contributed by atoms with Crippen LogP contribution in [0.25, 0.3) is 22.3 Å². The summed E-state index contributed by atoms with van der Waals surface area (Å²) < 4.78 is 0. The number of nitrogens with one attached hydrogen (secondary N) is 2. The van der Waals surface area contributed by atoms with Gasteiger partial charge in [0.15, 0.2) is 5.69 Å². The zero-order valence-electron chi connectivity index (χ0n) is 9.14. The minimum absolute atomic E-state index is 0.0331. The molecule has 6 heteroatoms. The molecule has 4 N–H and O–H groups in total. The van der Waals surface area contributed by atoms with Crippen LogP contribution < -0.4 is 0 Å². The number of carboxylic acid groups (broad SMARTS) is 1. The Bertz CT molecular complexity index is 742. The highest BCUT2D eigenvalue weighted by Crippen LogP contribution is 2.26. The lowest BCUT2D eigenvalue weighted by Crippen LogP contribution is -1.99. The van der Waals surface area contributed by atoms with E-state index in [1.165, 1.54) is 6.33 Å². The van der Waals surface area contributed by atoms with Gasteiger partial charge >= 0.3 is 5.97 Å². The molecule has 0 aliphatic heterocycles. The molecule has 2 heterocycles. The predicted octanol–water partition coefficient (Wildman–Crippen LogP) is 1.96. The molecule has 0 amide bonds. The molecule has 1 aromatic carbocycles. The highest BCUT2D eigenvalue weighted by Gasteiger charge is 2.16. The average Bonchev–Trinajstić information content (AvgIpc) is 2.93. The largest absolute Gasteiger partial charge is 0.508 e. The zero-order chi connectivity index (χ0) is 12.7. The Morgan fingerprint density at radius 2 is 2.11 bits per heavy atom. The van der Waals surface area contributed by atoms with Crippen LogP contribution in [0.5, 0.6) is 5.75 Å². The average molecular weight is 243 g/mol. The summed E-state index contributed by atoms with van der Waals surface area (Å²) in [6, 6.07) is 6.63. The SMILES string of the molecule is O=C(O)c1[nH]cnc1-c1cc2cc(O)ccc2[nH]1. The van der Waals surface area contributed by atoms with E-state index in [0.29, 0.717) is 11.4 Å². The van der Waals surface area contributed by atoms with E-state index in [-0.39, 0.29) is 11.4 Å². The fourth-order valence-electron chi connectivity index (χ4n) is 1.91. The summed E-state index contributed by atoms with van der Waals surface area (Å²) in [5.74, 6) is -0.905. The number of benzene rings is 1. The van der Waals surface area contributed by atoms with Crippen molar-refractivity contribution < 1.29 is 15.0 Å². The summed E-state index contributed by atoms with van der Waals surface area (Å²) in [6.07, 6.45) is 1.34. The Labute approximate surface area is 101 Å². The smallest absolute Gasteiger partial charge is 0.354 e. The van der Waals surface area contributed by atoms with E-state index < -0.39 is 5.97 Å². The number of aromatic amines is 2. The summed E-state index contributed by atoms with van der Waals surface area (Å²) in [6.45, 7) is 0. The first-order valence-electron chi connectivity index (χ1n) is 5.24. The van der Waals surface area contributed by atoms with Crippen LogP contribution in [0.1, 0.15) is 10.5 Å². The molecular weight excluding hydrogens is 234 g/mol. The Morgan fingerprint density at radius 1 is 1.28 bits per heavy atom. The van der Waals surface area contributed by atoms with Crippen molar-refractivity contribution in [3.63, 3.8) is 0 Å². The van der Waals surface area contributed by atoms with E-state index in [4.69, 9.17) is 5.11 Å². The lowest BCUT2D eigenvalue weighted by molar-refractivity contribution is 0.0692. The molecule has 0 radical (unpaired) electrons. The molecule has 0 saturated carbocycles. The molecule has 0 aliphatic carbocycles. The van der Waals surface area contributed by atoms with Crippen molar-refractivity contribution in [2.24, 2.45) is 0 Å². The van der Waals surface area contributed by atoms with Gasteiger partial charge in [0.05, 0.1) is 12.0 Å². The highest BCUT2D eigenvalue weighted by atomic mass is 16.4. The maximum Gasteiger partial charge on any atom is 0.354 e. The predicted molar refractivity (Wildman–Crippen MR) is 64.5 cm³/mol.